The Morgan fingerprint density at radius 3 is 1.88 bits per heavy atom. The number of nitrogens with zero attached hydrogens (tertiary/aromatic N) is 1. The van der Waals surface area contributed by atoms with E-state index in [0.717, 1.165) is 32.0 Å². The van der Waals surface area contributed by atoms with Crippen molar-refractivity contribution >= 4 is 68.3 Å². The molecule has 6 aromatic rings. The van der Waals surface area contributed by atoms with Crippen LogP contribution < -0.4 is 21.2 Å². The lowest BCUT2D eigenvalue weighted by atomic mass is 10.1. The number of pyridine rings is 1. The molecule has 0 atom stereocenters. The summed E-state index contributed by atoms with van der Waals surface area (Å²) in [6.07, 6.45) is 0.811. The molecule has 0 aliphatic heterocycles. The van der Waals surface area contributed by atoms with Crippen LogP contribution in [0, 0.1) is 10.5 Å². The molecule has 0 spiro atoms. The fourth-order valence-electron chi connectivity index (χ4n) is 5.40. The van der Waals surface area contributed by atoms with Crippen LogP contribution in [0.25, 0.3) is 10.9 Å². The number of hydrogen-bond acceptors (Lipinski definition) is 2. The van der Waals surface area contributed by atoms with Gasteiger partial charge in [0.2, 0.25) is 0 Å². The number of anilines is 1. The number of carbonyl (C=O) groups excluding carboxylic acids is 1. The van der Waals surface area contributed by atoms with Crippen LogP contribution in [0.4, 0.5) is 5.69 Å². The van der Waals surface area contributed by atoms with Crippen LogP contribution in [0.1, 0.15) is 21.6 Å². The first-order valence-electron chi connectivity index (χ1n) is 13.6. The van der Waals surface area contributed by atoms with Gasteiger partial charge in [0.1, 0.15) is 23.2 Å². The highest BCUT2D eigenvalue weighted by Gasteiger charge is 2.45. The van der Waals surface area contributed by atoms with Crippen LogP contribution in [-0.4, -0.2) is 10.9 Å². The van der Waals surface area contributed by atoms with Crippen LogP contribution in [0.2, 0.25) is 0 Å². The van der Waals surface area contributed by atoms with Gasteiger partial charge in [-0.05, 0) is 96.2 Å². The number of carbonyl (C=O) groups is 1. The minimum absolute atomic E-state index is 0.112. The summed E-state index contributed by atoms with van der Waals surface area (Å²) in [6.45, 7) is 1.98. The van der Waals surface area contributed by atoms with Crippen molar-refractivity contribution in [3.63, 3.8) is 0 Å². The predicted molar refractivity (Wildman–Crippen MR) is 182 cm³/mol. The van der Waals surface area contributed by atoms with E-state index in [1.165, 1.54) is 21.5 Å². The molecule has 0 aliphatic rings. The van der Waals surface area contributed by atoms with E-state index >= 15 is 0 Å². The summed E-state index contributed by atoms with van der Waals surface area (Å²) < 4.78 is 0.979. The lowest BCUT2D eigenvalue weighted by molar-refractivity contribution is 0.102. The van der Waals surface area contributed by atoms with Crippen LogP contribution in [0.5, 0.6) is 0 Å². The Bertz CT molecular complexity index is 1730. The number of hydrogen-bond donors (Lipinski definition) is 1. The summed E-state index contributed by atoms with van der Waals surface area (Å²) in [5.41, 5.74) is 4.50. The zero-order chi connectivity index (χ0) is 28.2. The minimum Gasteiger partial charge on any atom is -0.322 e. The molecule has 6 rings (SSSR count). The molecule has 0 aliphatic carbocycles. The molecule has 1 amide bonds. The molecule has 0 radical (unpaired) electrons. The van der Waals surface area contributed by atoms with Gasteiger partial charge in [-0.2, -0.15) is 0 Å². The van der Waals surface area contributed by atoms with Gasteiger partial charge in [-0.25, -0.2) is 0 Å². The number of aryl methyl sites for hydroxylation is 1. The van der Waals surface area contributed by atoms with Crippen molar-refractivity contribution in [2.24, 2.45) is 0 Å². The Morgan fingerprint density at radius 1 is 0.707 bits per heavy atom. The van der Waals surface area contributed by atoms with Crippen molar-refractivity contribution < 1.29 is 4.79 Å². The third kappa shape index (κ3) is 5.55. The molecule has 0 saturated heterocycles. The van der Waals surface area contributed by atoms with Gasteiger partial charge in [0.15, 0.2) is 0 Å². The van der Waals surface area contributed by atoms with Crippen molar-refractivity contribution in [2.45, 2.75) is 13.1 Å². The summed E-state index contributed by atoms with van der Waals surface area (Å²) in [7, 11) is -2.09. The van der Waals surface area contributed by atoms with Crippen molar-refractivity contribution in [3.05, 3.63) is 160 Å². The third-order valence-electron chi connectivity index (χ3n) is 7.41. The summed E-state index contributed by atoms with van der Waals surface area (Å²) in [5, 5.41) is 8.10. The molecule has 1 heterocycles. The Balaban J connectivity index is 1.41. The number of aromatic nitrogens is 1. The van der Waals surface area contributed by atoms with Crippen LogP contribution in [0.15, 0.2) is 140 Å². The van der Waals surface area contributed by atoms with E-state index in [1.807, 2.05) is 49.4 Å². The number of rotatable bonds is 7. The maximum atomic E-state index is 13.6. The maximum Gasteiger partial charge on any atom is 0.256 e. The largest absolute Gasteiger partial charge is 0.322 e. The highest BCUT2D eigenvalue weighted by atomic mass is 127. The lowest BCUT2D eigenvalue weighted by Crippen LogP contribution is -2.32. The Labute approximate surface area is 255 Å². The topological polar surface area (TPSA) is 42.0 Å². The number of amides is 1. The van der Waals surface area contributed by atoms with E-state index in [2.05, 4.69) is 130 Å². The van der Waals surface area contributed by atoms with Crippen LogP contribution in [-0.2, 0) is 6.16 Å². The van der Waals surface area contributed by atoms with E-state index < -0.39 is 7.26 Å². The molecule has 0 unspecified atom stereocenters. The number of nitrogens with one attached hydrogen (secondary N) is 1. The van der Waals surface area contributed by atoms with Gasteiger partial charge in [-0.3, -0.25) is 9.78 Å². The monoisotopic (exact) mass is 663 g/mol. The standard InChI is InChI=1S/C36H28IN2OP/c1-26-20-21-27-24-29(22-23-34(27)38-26)39-36(40)33-19-11-12-28(35(33)37)25-41(30-13-5-2-6-14-30,31-15-7-3-8-16-31)32-17-9-4-10-18-32/h2-24H,25H2,1H3/p+1. The second kappa shape index (κ2) is 11.9. The van der Waals surface area contributed by atoms with Gasteiger partial charge < -0.3 is 5.32 Å². The van der Waals surface area contributed by atoms with Gasteiger partial charge in [-0.1, -0.05) is 72.8 Å². The quantitative estimate of drug-likeness (QED) is 0.140. The van der Waals surface area contributed by atoms with Crippen molar-refractivity contribution in [1.29, 1.82) is 0 Å². The molecule has 1 aromatic heterocycles. The minimum atomic E-state index is -2.09. The second-order valence-electron chi connectivity index (χ2n) is 10.1. The van der Waals surface area contributed by atoms with E-state index in [1.54, 1.807) is 0 Å². The average Bonchev–Trinajstić information content (AvgIpc) is 3.02. The first kappa shape index (κ1) is 27.3. The fraction of sp³-hybridized carbons (Fsp3) is 0.0556. The highest BCUT2D eigenvalue weighted by Crippen LogP contribution is 2.58. The van der Waals surface area contributed by atoms with Gasteiger partial charge in [0.25, 0.3) is 5.91 Å². The molecule has 3 nitrogen and oxygen atoms in total. The van der Waals surface area contributed by atoms with Gasteiger partial charge >= 0.3 is 0 Å². The van der Waals surface area contributed by atoms with E-state index in [4.69, 9.17) is 0 Å². The summed E-state index contributed by atoms with van der Waals surface area (Å²) in [5.74, 6) is -0.112. The maximum absolute atomic E-state index is 13.6. The molecule has 200 valence electrons. The molecule has 5 aromatic carbocycles. The molecule has 5 heteroatoms. The van der Waals surface area contributed by atoms with E-state index in [9.17, 15) is 4.79 Å². The molecule has 0 saturated carbocycles. The van der Waals surface area contributed by atoms with Crippen molar-refractivity contribution in [3.8, 4) is 0 Å². The Morgan fingerprint density at radius 2 is 1.29 bits per heavy atom. The molecule has 0 fully saturated rings. The molecule has 41 heavy (non-hydrogen) atoms. The zero-order valence-corrected chi connectivity index (χ0v) is 25.7. The first-order valence-corrected chi connectivity index (χ1v) is 16.6. The normalized spacial score (nSPS) is 11.4. The molecule has 1 N–H and O–H groups in total. The second-order valence-corrected chi connectivity index (χ2v) is 14.6. The molecular weight excluding hydrogens is 634 g/mol. The number of halogens is 1. The SMILES string of the molecule is Cc1ccc2cc(NC(=O)c3cccc(C[P+](c4ccccc4)(c4ccccc4)c4ccccc4)c3I)ccc2n1. The van der Waals surface area contributed by atoms with E-state index in [-0.39, 0.29) is 5.91 Å². The third-order valence-corrected chi connectivity index (χ3v) is 13.0. The summed E-state index contributed by atoms with van der Waals surface area (Å²) in [4.78, 5) is 18.2. The fourth-order valence-corrected chi connectivity index (χ4v) is 10.8. The molecular formula is C36H29IN2OP+. The summed E-state index contributed by atoms with van der Waals surface area (Å²) >= 11 is 2.36. The summed E-state index contributed by atoms with van der Waals surface area (Å²) in [6, 6.07) is 48.5. The van der Waals surface area contributed by atoms with Crippen LogP contribution >= 0.6 is 29.9 Å². The number of fused-ring (bicyclic) bond motifs is 1. The zero-order valence-electron chi connectivity index (χ0n) is 22.7. The van der Waals surface area contributed by atoms with Crippen molar-refractivity contribution in [1.82, 2.24) is 4.98 Å². The van der Waals surface area contributed by atoms with E-state index in [0.29, 0.717) is 5.56 Å². The van der Waals surface area contributed by atoms with Crippen LogP contribution in [0.3, 0.4) is 0 Å². The van der Waals surface area contributed by atoms with Crippen molar-refractivity contribution in [2.75, 3.05) is 5.32 Å². The Hall–Kier alpha value is -3.86. The van der Waals surface area contributed by atoms with Gasteiger partial charge in [0.05, 0.1) is 17.2 Å². The molecule has 0 bridgehead atoms. The van der Waals surface area contributed by atoms with Gasteiger partial charge in [-0.15, -0.1) is 0 Å². The average molecular weight is 664 g/mol. The first-order chi connectivity index (χ1) is 20.0. The van der Waals surface area contributed by atoms with Gasteiger partial charge in [0, 0.05) is 25.9 Å². The lowest BCUT2D eigenvalue weighted by Gasteiger charge is -2.28. The highest BCUT2D eigenvalue weighted by molar-refractivity contribution is 14.1. The Kier molecular flexibility index (Phi) is 7.95. The number of benzene rings is 5. The predicted octanol–water partition coefficient (Wildman–Crippen LogP) is 7.89. The smallest absolute Gasteiger partial charge is 0.256 e.